The van der Waals surface area contributed by atoms with Crippen molar-refractivity contribution >= 4 is 11.4 Å². The third-order valence-corrected chi connectivity index (χ3v) is 4.86. The Balaban J connectivity index is 1.53. The lowest BCUT2D eigenvalue weighted by molar-refractivity contribution is 0.775. The Morgan fingerprint density at radius 1 is 1.05 bits per heavy atom. The zero-order chi connectivity index (χ0) is 14.1. The van der Waals surface area contributed by atoms with Crippen molar-refractivity contribution in [3.8, 4) is 0 Å². The highest BCUT2D eigenvalue weighted by molar-refractivity contribution is 5.64. The molecule has 0 spiro atoms. The molecule has 0 saturated carbocycles. The standard InChI is InChI=1S/C19H22N2/c1-2-5-15(6-3-1)17-10-12-21(14-17)18-9-8-16-7-4-11-20-19(16)13-18/h1-3,5-6,8-9,13,17,20H,4,7,10-12,14H2. The molecular weight excluding hydrogens is 256 g/mol. The number of anilines is 2. The van der Waals surface area contributed by atoms with Gasteiger partial charge in [0.1, 0.15) is 0 Å². The number of hydrogen-bond acceptors (Lipinski definition) is 2. The van der Waals surface area contributed by atoms with Crippen LogP contribution in [0.4, 0.5) is 11.4 Å². The summed E-state index contributed by atoms with van der Waals surface area (Å²) in [6.45, 7) is 3.42. The second kappa shape index (κ2) is 5.44. The second-order valence-corrected chi connectivity index (χ2v) is 6.21. The van der Waals surface area contributed by atoms with Crippen LogP contribution >= 0.6 is 0 Å². The van der Waals surface area contributed by atoms with Gasteiger partial charge in [0.15, 0.2) is 0 Å². The zero-order valence-electron chi connectivity index (χ0n) is 12.4. The fraction of sp³-hybridized carbons (Fsp3) is 0.368. The van der Waals surface area contributed by atoms with Gasteiger partial charge in [-0.3, -0.25) is 0 Å². The third kappa shape index (κ3) is 2.51. The average Bonchev–Trinajstić information content (AvgIpc) is 3.05. The SMILES string of the molecule is c1ccc(C2CCN(c3ccc4c(c3)NCCC4)C2)cc1. The van der Waals surface area contributed by atoms with Crippen LogP contribution in [0.25, 0.3) is 0 Å². The Labute approximate surface area is 126 Å². The normalized spacial score (nSPS) is 21.0. The monoisotopic (exact) mass is 278 g/mol. The molecule has 2 aromatic carbocycles. The number of aryl methyl sites for hydroxylation is 1. The smallest absolute Gasteiger partial charge is 0.0393 e. The highest BCUT2D eigenvalue weighted by Gasteiger charge is 2.24. The van der Waals surface area contributed by atoms with E-state index in [1.54, 1.807) is 0 Å². The number of nitrogens with zero attached hydrogens (tertiary/aromatic N) is 1. The minimum absolute atomic E-state index is 0.676. The van der Waals surface area contributed by atoms with Crippen molar-refractivity contribution in [3.63, 3.8) is 0 Å². The van der Waals surface area contributed by atoms with Crippen molar-refractivity contribution in [3.05, 3.63) is 59.7 Å². The van der Waals surface area contributed by atoms with Crippen LogP contribution in [0.5, 0.6) is 0 Å². The molecule has 1 atom stereocenters. The summed E-state index contributed by atoms with van der Waals surface area (Å²) in [7, 11) is 0. The van der Waals surface area contributed by atoms with Crippen LogP contribution < -0.4 is 10.2 Å². The second-order valence-electron chi connectivity index (χ2n) is 6.21. The van der Waals surface area contributed by atoms with Gasteiger partial charge in [0, 0.05) is 36.9 Å². The molecule has 2 aliphatic heterocycles. The number of benzene rings is 2. The van der Waals surface area contributed by atoms with Gasteiger partial charge in [0.05, 0.1) is 0 Å². The number of rotatable bonds is 2. The quantitative estimate of drug-likeness (QED) is 0.892. The number of nitrogens with one attached hydrogen (secondary N) is 1. The van der Waals surface area contributed by atoms with Crippen LogP contribution in [0, 0.1) is 0 Å². The maximum Gasteiger partial charge on any atom is 0.0393 e. The van der Waals surface area contributed by atoms with Crippen molar-refractivity contribution in [2.75, 3.05) is 29.9 Å². The first-order valence-corrected chi connectivity index (χ1v) is 8.07. The molecule has 1 N–H and O–H groups in total. The number of hydrogen-bond donors (Lipinski definition) is 1. The van der Waals surface area contributed by atoms with E-state index in [1.807, 2.05) is 0 Å². The third-order valence-electron chi connectivity index (χ3n) is 4.86. The predicted octanol–water partition coefficient (Wildman–Crippen LogP) is 4.04. The van der Waals surface area contributed by atoms with Gasteiger partial charge in [-0.2, -0.15) is 0 Å². The minimum atomic E-state index is 0.676. The molecule has 2 aromatic rings. The maximum absolute atomic E-state index is 3.54. The Bertz CT molecular complexity index is 621. The van der Waals surface area contributed by atoms with Crippen molar-refractivity contribution in [2.24, 2.45) is 0 Å². The van der Waals surface area contributed by atoms with Crippen LogP contribution in [0.3, 0.4) is 0 Å². The minimum Gasteiger partial charge on any atom is -0.385 e. The first kappa shape index (κ1) is 12.8. The molecule has 0 bridgehead atoms. The van der Waals surface area contributed by atoms with Gasteiger partial charge in [-0.1, -0.05) is 36.4 Å². The molecular formula is C19H22N2. The van der Waals surface area contributed by atoms with Gasteiger partial charge in [-0.25, -0.2) is 0 Å². The summed E-state index contributed by atoms with van der Waals surface area (Å²) in [5.41, 5.74) is 5.68. The summed E-state index contributed by atoms with van der Waals surface area (Å²) >= 11 is 0. The van der Waals surface area contributed by atoms with Crippen LogP contribution in [0.1, 0.15) is 29.9 Å². The first-order valence-electron chi connectivity index (χ1n) is 8.07. The summed E-state index contributed by atoms with van der Waals surface area (Å²) in [6, 6.07) is 17.9. The van der Waals surface area contributed by atoms with Gasteiger partial charge >= 0.3 is 0 Å². The van der Waals surface area contributed by atoms with E-state index in [0.717, 1.165) is 13.1 Å². The lowest BCUT2D eigenvalue weighted by atomic mass is 9.99. The Morgan fingerprint density at radius 2 is 1.95 bits per heavy atom. The van der Waals surface area contributed by atoms with Gasteiger partial charge in [-0.05, 0) is 42.5 Å². The zero-order valence-corrected chi connectivity index (χ0v) is 12.4. The van der Waals surface area contributed by atoms with Crippen LogP contribution in [0.15, 0.2) is 48.5 Å². The summed E-state index contributed by atoms with van der Waals surface area (Å²) in [4.78, 5) is 2.54. The predicted molar refractivity (Wildman–Crippen MR) is 89.3 cm³/mol. The lowest BCUT2D eigenvalue weighted by Gasteiger charge is -2.23. The molecule has 2 heteroatoms. The molecule has 2 nitrogen and oxygen atoms in total. The van der Waals surface area contributed by atoms with E-state index >= 15 is 0 Å². The molecule has 1 saturated heterocycles. The van der Waals surface area contributed by atoms with Crippen molar-refractivity contribution in [1.29, 1.82) is 0 Å². The van der Waals surface area contributed by atoms with Gasteiger partial charge in [-0.15, -0.1) is 0 Å². The summed E-state index contributed by atoms with van der Waals surface area (Å²) in [5, 5.41) is 3.54. The topological polar surface area (TPSA) is 15.3 Å². The molecule has 0 radical (unpaired) electrons. The molecule has 0 aliphatic carbocycles. The van der Waals surface area contributed by atoms with E-state index in [9.17, 15) is 0 Å². The molecule has 2 heterocycles. The number of fused-ring (bicyclic) bond motifs is 1. The van der Waals surface area contributed by atoms with Crippen molar-refractivity contribution in [2.45, 2.75) is 25.2 Å². The Hall–Kier alpha value is -1.96. The van der Waals surface area contributed by atoms with E-state index in [4.69, 9.17) is 0 Å². The van der Waals surface area contributed by atoms with Gasteiger partial charge in [0.25, 0.3) is 0 Å². The van der Waals surface area contributed by atoms with E-state index in [1.165, 1.54) is 48.3 Å². The van der Waals surface area contributed by atoms with Crippen molar-refractivity contribution < 1.29 is 0 Å². The molecule has 1 unspecified atom stereocenters. The van der Waals surface area contributed by atoms with E-state index in [0.29, 0.717) is 5.92 Å². The fourth-order valence-electron chi connectivity index (χ4n) is 3.64. The highest BCUT2D eigenvalue weighted by Crippen LogP contribution is 2.33. The summed E-state index contributed by atoms with van der Waals surface area (Å²) < 4.78 is 0. The van der Waals surface area contributed by atoms with Gasteiger partial charge in [0.2, 0.25) is 0 Å². The lowest BCUT2D eigenvalue weighted by Crippen LogP contribution is -2.20. The van der Waals surface area contributed by atoms with Crippen LogP contribution in [-0.4, -0.2) is 19.6 Å². The van der Waals surface area contributed by atoms with Crippen LogP contribution in [0.2, 0.25) is 0 Å². The maximum atomic E-state index is 3.54. The fourth-order valence-corrected chi connectivity index (χ4v) is 3.64. The Kier molecular flexibility index (Phi) is 3.30. The molecule has 4 rings (SSSR count). The van der Waals surface area contributed by atoms with Crippen molar-refractivity contribution in [1.82, 2.24) is 0 Å². The van der Waals surface area contributed by atoms with Gasteiger partial charge < -0.3 is 10.2 Å². The largest absolute Gasteiger partial charge is 0.385 e. The average molecular weight is 278 g/mol. The van der Waals surface area contributed by atoms with E-state index in [-0.39, 0.29) is 0 Å². The van der Waals surface area contributed by atoms with Crippen LogP contribution in [-0.2, 0) is 6.42 Å². The molecule has 21 heavy (non-hydrogen) atoms. The molecule has 0 amide bonds. The molecule has 2 aliphatic rings. The highest BCUT2D eigenvalue weighted by atomic mass is 15.2. The summed E-state index contributed by atoms with van der Waals surface area (Å²) in [5.74, 6) is 0.676. The first-order chi connectivity index (χ1) is 10.4. The van der Waals surface area contributed by atoms with E-state index in [2.05, 4.69) is 58.7 Å². The Morgan fingerprint density at radius 3 is 2.86 bits per heavy atom. The van der Waals surface area contributed by atoms with E-state index < -0.39 is 0 Å². The molecule has 108 valence electrons. The summed E-state index contributed by atoms with van der Waals surface area (Å²) in [6.07, 6.45) is 3.73. The molecule has 1 fully saturated rings. The molecule has 0 aromatic heterocycles.